The summed E-state index contributed by atoms with van der Waals surface area (Å²) in [4.78, 5) is 38.8. The van der Waals surface area contributed by atoms with Gasteiger partial charge in [-0.2, -0.15) is 0 Å². The Balaban J connectivity index is 1.96. The molecule has 2 amide bonds. The van der Waals surface area contributed by atoms with Crippen LogP contribution in [0.25, 0.3) is 0 Å². The number of hydrogen-bond donors (Lipinski definition) is 2. The van der Waals surface area contributed by atoms with E-state index in [1.807, 2.05) is 51.1 Å². The monoisotopic (exact) mass is 450 g/mol. The minimum Gasteiger partial charge on any atom is -0.462 e. The zero-order valence-corrected chi connectivity index (χ0v) is 19.6. The molecule has 0 radical (unpaired) electrons. The maximum Gasteiger partial charge on any atom is 0.341 e. The highest BCUT2D eigenvalue weighted by Crippen LogP contribution is 2.35. The number of aryl methyl sites for hydroxylation is 3. The Morgan fingerprint density at radius 3 is 2.19 bits per heavy atom. The number of carbonyl (C=O) groups excluding carboxylic acids is 3. The Bertz CT molecular complexity index is 1180. The molecule has 2 aromatic carbocycles. The number of amides is 2. The molecule has 0 aliphatic heterocycles. The second-order valence-electron chi connectivity index (χ2n) is 7.57. The fraction of sp³-hybridized carbons (Fsp3) is 0.240. The van der Waals surface area contributed by atoms with Crippen LogP contribution in [0.2, 0.25) is 0 Å². The minimum atomic E-state index is -0.578. The van der Waals surface area contributed by atoms with Crippen molar-refractivity contribution in [2.75, 3.05) is 17.2 Å². The predicted octanol–water partition coefficient (Wildman–Crippen LogP) is 5.66. The Labute approximate surface area is 191 Å². The largest absolute Gasteiger partial charge is 0.462 e. The SMILES string of the molecule is CCOC(=O)c1c(NC(=O)c2ccc(C)cc2)sc(C(=O)Nc2cc(C)ccc2C)c1C. The molecule has 0 saturated carbocycles. The summed E-state index contributed by atoms with van der Waals surface area (Å²) in [5.74, 6) is -1.29. The van der Waals surface area contributed by atoms with Crippen molar-refractivity contribution in [1.29, 1.82) is 0 Å². The van der Waals surface area contributed by atoms with E-state index in [-0.39, 0.29) is 29.0 Å². The molecule has 166 valence electrons. The van der Waals surface area contributed by atoms with Crippen molar-refractivity contribution in [3.63, 3.8) is 0 Å². The van der Waals surface area contributed by atoms with Gasteiger partial charge in [-0.05, 0) is 69.5 Å². The third kappa shape index (κ3) is 5.06. The van der Waals surface area contributed by atoms with Crippen molar-refractivity contribution in [1.82, 2.24) is 0 Å². The molecule has 32 heavy (non-hydrogen) atoms. The lowest BCUT2D eigenvalue weighted by atomic mass is 10.1. The number of ether oxygens (including phenoxy) is 1. The van der Waals surface area contributed by atoms with Crippen LogP contribution < -0.4 is 10.6 Å². The maximum atomic E-state index is 13.1. The predicted molar refractivity (Wildman–Crippen MR) is 128 cm³/mol. The molecular weight excluding hydrogens is 424 g/mol. The van der Waals surface area contributed by atoms with Crippen LogP contribution in [0.15, 0.2) is 42.5 Å². The van der Waals surface area contributed by atoms with Crippen LogP contribution in [0.5, 0.6) is 0 Å². The van der Waals surface area contributed by atoms with Gasteiger partial charge in [-0.3, -0.25) is 9.59 Å². The second-order valence-corrected chi connectivity index (χ2v) is 8.59. The summed E-state index contributed by atoms with van der Waals surface area (Å²) >= 11 is 1.06. The van der Waals surface area contributed by atoms with E-state index in [1.54, 1.807) is 26.0 Å². The maximum absolute atomic E-state index is 13.1. The van der Waals surface area contributed by atoms with Crippen LogP contribution >= 0.6 is 11.3 Å². The number of rotatable bonds is 6. The lowest BCUT2D eigenvalue weighted by Gasteiger charge is -2.09. The molecule has 1 heterocycles. The van der Waals surface area contributed by atoms with Gasteiger partial charge in [-0.15, -0.1) is 11.3 Å². The lowest BCUT2D eigenvalue weighted by Crippen LogP contribution is -2.15. The Morgan fingerprint density at radius 2 is 1.53 bits per heavy atom. The first kappa shape index (κ1) is 23.2. The van der Waals surface area contributed by atoms with Gasteiger partial charge in [-0.25, -0.2) is 4.79 Å². The van der Waals surface area contributed by atoms with Crippen molar-refractivity contribution in [2.24, 2.45) is 0 Å². The van der Waals surface area contributed by atoms with Crippen molar-refractivity contribution < 1.29 is 19.1 Å². The smallest absolute Gasteiger partial charge is 0.341 e. The topological polar surface area (TPSA) is 84.5 Å². The number of benzene rings is 2. The van der Waals surface area contributed by atoms with Crippen LogP contribution in [0.1, 0.15) is 59.6 Å². The lowest BCUT2D eigenvalue weighted by molar-refractivity contribution is 0.0527. The van der Waals surface area contributed by atoms with Crippen LogP contribution in [-0.4, -0.2) is 24.4 Å². The Morgan fingerprint density at radius 1 is 0.875 bits per heavy atom. The Kier molecular flexibility index (Phi) is 7.10. The molecule has 0 aliphatic carbocycles. The van der Waals surface area contributed by atoms with Crippen molar-refractivity contribution in [3.8, 4) is 0 Å². The highest BCUT2D eigenvalue weighted by Gasteiger charge is 2.27. The van der Waals surface area contributed by atoms with Gasteiger partial charge < -0.3 is 15.4 Å². The van der Waals surface area contributed by atoms with E-state index in [9.17, 15) is 14.4 Å². The molecule has 0 spiro atoms. The molecule has 6 nitrogen and oxygen atoms in total. The first-order chi connectivity index (χ1) is 15.2. The summed E-state index contributed by atoms with van der Waals surface area (Å²) in [6.45, 7) is 9.37. The first-order valence-corrected chi connectivity index (χ1v) is 11.1. The van der Waals surface area contributed by atoms with Gasteiger partial charge in [0.25, 0.3) is 11.8 Å². The third-order valence-corrected chi connectivity index (χ3v) is 6.22. The number of hydrogen-bond acceptors (Lipinski definition) is 5. The van der Waals surface area contributed by atoms with E-state index in [0.717, 1.165) is 28.0 Å². The molecule has 3 aromatic rings. The quantitative estimate of drug-likeness (QED) is 0.474. The standard InChI is InChI=1S/C25H26N2O4S/c1-6-31-25(30)20-17(5)21(23(29)26-19-13-15(3)7-10-16(19)4)32-24(20)27-22(28)18-11-8-14(2)9-12-18/h7-13H,6H2,1-5H3,(H,26,29)(H,27,28). The van der Waals surface area contributed by atoms with Gasteiger partial charge in [0.1, 0.15) is 5.00 Å². The van der Waals surface area contributed by atoms with E-state index < -0.39 is 5.97 Å². The highest BCUT2D eigenvalue weighted by molar-refractivity contribution is 7.19. The van der Waals surface area contributed by atoms with Crippen LogP contribution in [0, 0.1) is 27.7 Å². The number of nitrogens with one attached hydrogen (secondary N) is 2. The Hall–Kier alpha value is -3.45. The molecule has 0 aliphatic rings. The number of esters is 1. The molecule has 7 heteroatoms. The number of anilines is 2. The number of carbonyl (C=O) groups is 3. The summed E-state index contributed by atoms with van der Waals surface area (Å²) in [5, 5.41) is 5.99. The molecule has 0 saturated heterocycles. The fourth-order valence-electron chi connectivity index (χ4n) is 3.20. The minimum absolute atomic E-state index is 0.184. The third-order valence-electron chi connectivity index (χ3n) is 5.01. The average molecular weight is 451 g/mol. The first-order valence-electron chi connectivity index (χ1n) is 10.3. The summed E-state index contributed by atoms with van der Waals surface area (Å²) in [6, 6.07) is 12.9. The second kappa shape index (κ2) is 9.78. The average Bonchev–Trinajstić information content (AvgIpc) is 3.07. The zero-order chi connectivity index (χ0) is 23.4. The van der Waals surface area contributed by atoms with Crippen LogP contribution in [-0.2, 0) is 4.74 Å². The summed E-state index contributed by atoms with van der Waals surface area (Å²) < 4.78 is 5.18. The fourth-order valence-corrected chi connectivity index (χ4v) is 4.28. The van der Waals surface area contributed by atoms with E-state index >= 15 is 0 Å². The molecule has 3 rings (SSSR count). The molecular formula is C25H26N2O4S. The van der Waals surface area contributed by atoms with Gasteiger partial charge >= 0.3 is 5.97 Å². The number of thiophene rings is 1. The summed E-state index contributed by atoms with van der Waals surface area (Å²) in [6.07, 6.45) is 0. The molecule has 1 aromatic heterocycles. The molecule has 0 atom stereocenters. The zero-order valence-electron chi connectivity index (χ0n) is 18.8. The molecule has 0 unspecified atom stereocenters. The van der Waals surface area contributed by atoms with Crippen LogP contribution in [0.4, 0.5) is 10.7 Å². The summed E-state index contributed by atoms with van der Waals surface area (Å²) in [5.41, 5.74) is 4.80. The van der Waals surface area contributed by atoms with Gasteiger partial charge in [0.05, 0.1) is 17.0 Å². The van der Waals surface area contributed by atoms with Gasteiger partial charge in [0, 0.05) is 11.3 Å². The van der Waals surface area contributed by atoms with E-state index in [0.29, 0.717) is 21.7 Å². The normalized spacial score (nSPS) is 10.5. The van der Waals surface area contributed by atoms with Crippen LogP contribution in [0.3, 0.4) is 0 Å². The summed E-state index contributed by atoms with van der Waals surface area (Å²) in [7, 11) is 0. The highest BCUT2D eigenvalue weighted by atomic mass is 32.1. The van der Waals surface area contributed by atoms with Gasteiger partial charge in [0.2, 0.25) is 0 Å². The molecule has 2 N–H and O–H groups in total. The van der Waals surface area contributed by atoms with E-state index in [4.69, 9.17) is 4.74 Å². The van der Waals surface area contributed by atoms with E-state index in [2.05, 4.69) is 10.6 Å². The van der Waals surface area contributed by atoms with Crippen molar-refractivity contribution >= 4 is 39.8 Å². The molecule has 0 fully saturated rings. The van der Waals surface area contributed by atoms with Gasteiger partial charge in [-0.1, -0.05) is 29.8 Å². The molecule has 0 bridgehead atoms. The van der Waals surface area contributed by atoms with Crippen molar-refractivity contribution in [3.05, 3.63) is 80.7 Å². The van der Waals surface area contributed by atoms with E-state index in [1.165, 1.54) is 0 Å². The van der Waals surface area contributed by atoms with Crippen molar-refractivity contribution in [2.45, 2.75) is 34.6 Å². The van der Waals surface area contributed by atoms with Gasteiger partial charge in [0.15, 0.2) is 0 Å².